The van der Waals surface area contributed by atoms with E-state index in [1.807, 2.05) is 32.0 Å². The van der Waals surface area contributed by atoms with Crippen molar-refractivity contribution in [1.82, 2.24) is 4.90 Å². The van der Waals surface area contributed by atoms with Gasteiger partial charge in [0.25, 0.3) is 5.91 Å². The molecule has 5 nitrogen and oxygen atoms in total. The highest BCUT2D eigenvalue weighted by molar-refractivity contribution is 5.99. The van der Waals surface area contributed by atoms with E-state index in [9.17, 15) is 9.59 Å². The first-order valence-corrected chi connectivity index (χ1v) is 6.22. The van der Waals surface area contributed by atoms with Crippen molar-refractivity contribution in [2.75, 3.05) is 7.11 Å². The summed E-state index contributed by atoms with van der Waals surface area (Å²) in [5.41, 5.74) is 1.84. The lowest BCUT2D eigenvalue weighted by Crippen LogP contribution is -2.30. The molecule has 5 heteroatoms. The van der Waals surface area contributed by atoms with Crippen LogP contribution in [0.2, 0.25) is 0 Å². The number of aryl methyl sites for hydroxylation is 1. The molecule has 0 spiro atoms. The predicted molar refractivity (Wildman–Crippen MR) is 68.8 cm³/mol. The molecule has 0 bridgehead atoms. The summed E-state index contributed by atoms with van der Waals surface area (Å²) in [6, 6.07) is 5.65. The number of cyclic esters (lactones) is 1. The van der Waals surface area contributed by atoms with Crippen LogP contribution in [0.15, 0.2) is 18.2 Å². The van der Waals surface area contributed by atoms with Gasteiger partial charge in [0.05, 0.1) is 13.7 Å². The molecular formula is C14H17NO4. The van der Waals surface area contributed by atoms with E-state index in [1.165, 1.54) is 0 Å². The van der Waals surface area contributed by atoms with Gasteiger partial charge in [-0.1, -0.05) is 24.6 Å². The molecular weight excluding hydrogens is 246 g/mol. The first kappa shape index (κ1) is 13.4. The topological polar surface area (TPSA) is 55.8 Å². The molecule has 1 saturated heterocycles. The summed E-state index contributed by atoms with van der Waals surface area (Å²) in [7, 11) is 1.56. The van der Waals surface area contributed by atoms with Gasteiger partial charge in [-0.05, 0) is 19.4 Å². The van der Waals surface area contributed by atoms with Crippen molar-refractivity contribution < 1.29 is 19.1 Å². The lowest BCUT2D eigenvalue weighted by molar-refractivity contribution is -0.130. The van der Waals surface area contributed by atoms with Crippen LogP contribution in [0.5, 0.6) is 5.75 Å². The van der Waals surface area contributed by atoms with Gasteiger partial charge in [0.15, 0.2) is 6.10 Å². The van der Waals surface area contributed by atoms with Crippen LogP contribution < -0.4 is 4.74 Å². The average Bonchev–Trinajstić information content (AvgIpc) is 2.66. The Balaban J connectivity index is 2.24. The van der Waals surface area contributed by atoms with Crippen molar-refractivity contribution in [2.45, 2.75) is 32.9 Å². The van der Waals surface area contributed by atoms with Crippen molar-refractivity contribution >= 4 is 12.0 Å². The second-order valence-corrected chi connectivity index (χ2v) is 4.52. The van der Waals surface area contributed by atoms with Crippen molar-refractivity contribution in [3.63, 3.8) is 0 Å². The fraction of sp³-hybridized carbons (Fsp3) is 0.429. The first-order chi connectivity index (χ1) is 9.06. The molecule has 2 rings (SSSR count). The Hall–Kier alpha value is -2.04. The quantitative estimate of drug-likeness (QED) is 0.836. The average molecular weight is 263 g/mol. The number of methoxy groups -OCH3 is 1. The number of nitrogens with zero attached hydrogens (tertiary/aromatic N) is 1. The Labute approximate surface area is 112 Å². The maximum absolute atomic E-state index is 12.0. The van der Waals surface area contributed by atoms with Gasteiger partial charge in [0.1, 0.15) is 5.75 Å². The van der Waals surface area contributed by atoms with E-state index in [2.05, 4.69) is 0 Å². The van der Waals surface area contributed by atoms with E-state index in [-0.39, 0.29) is 12.5 Å². The number of benzene rings is 1. The minimum atomic E-state index is -0.650. The number of hydrogen-bond acceptors (Lipinski definition) is 4. The van der Waals surface area contributed by atoms with Crippen molar-refractivity contribution in [1.29, 1.82) is 0 Å². The van der Waals surface area contributed by atoms with Crippen molar-refractivity contribution in [3.05, 3.63) is 29.3 Å². The van der Waals surface area contributed by atoms with E-state index in [1.54, 1.807) is 7.11 Å². The third-order valence-electron chi connectivity index (χ3n) is 3.14. The van der Waals surface area contributed by atoms with Gasteiger partial charge >= 0.3 is 6.09 Å². The Morgan fingerprint density at radius 2 is 2.11 bits per heavy atom. The van der Waals surface area contributed by atoms with Crippen LogP contribution in [0.1, 0.15) is 24.5 Å². The van der Waals surface area contributed by atoms with Crippen LogP contribution in [0, 0.1) is 6.92 Å². The number of amides is 2. The van der Waals surface area contributed by atoms with E-state index >= 15 is 0 Å². The van der Waals surface area contributed by atoms with Gasteiger partial charge in [-0.25, -0.2) is 9.69 Å². The highest BCUT2D eigenvalue weighted by Crippen LogP contribution is 2.25. The second kappa shape index (κ2) is 5.30. The minimum Gasteiger partial charge on any atom is -0.496 e. The molecule has 0 aliphatic carbocycles. The smallest absolute Gasteiger partial charge is 0.417 e. The zero-order valence-electron chi connectivity index (χ0n) is 11.3. The van der Waals surface area contributed by atoms with Crippen LogP contribution in [0.3, 0.4) is 0 Å². The molecule has 1 aromatic rings. The van der Waals surface area contributed by atoms with Crippen LogP contribution in [-0.4, -0.2) is 30.1 Å². The maximum atomic E-state index is 12.0. The molecule has 0 N–H and O–H groups in total. The fourth-order valence-corrected chi connectivity index (χ4v) is 2.10. The SMILES string of the molecule is CCC1OC(=O)N(Cc2cc(C)ccc2OC)C1=O. The molecule has 0 radical (unpaired) electrons. The summed E-state index contributed by atoms with van der Waals surface area (Å²) in [4.78, 5) is 24.8. The van der Waals surface area contributed by atoms with Gasteiger partial charge in [0.2, 0.25) is 0 Å². The first-order valence-electron chi connectivity index (χ1n) is 6.22. The zero-order valence-corrected chi connectivity index (χ0v) is 11.3. The number of carbonyl (C=O) groups excluding carboxylic acids is 2. The van der Waals surface area contributed by atoms with Crippen molar-refractivity contribution in [3.8, 4) is 5.75 Å². The Morgan fingerprint density at radius 1 is 1.37 bits per heavy atom. The highest BCUT2D eigenvalue weighted by atomic mass is 16.6. The summed E-state index contributed by atoms with van der Waals surface area (Å²) in [6.45, 7) is 3.94. The lowest BCUT2D eigenvalue weighted by Gasteiger charge is -2.14. The molecule has 1 aliphatic heterocycles. The Bertz CT molecular complexity index is 512. The maximum Gasteiger partial charge on any atom is 0.417 e. The molecule has 19 heavy (non-hydrogen) atoms. The zero-order chi connectivity index (χ0) is 14.0. The number of hydrogen-bond donors (Lipinski definition) is 0. The monoisotopic (exact) mass is 263 g/mol. The van der Waals surface area contributed by atoms with Crippen LogP contribution in [-0.2, 0) is 16.1 Å². The van der Waals surface area contributed by atoms with E-state index in [4.69, 9.17) is 9.47 Å². The molecule has 1 fully saturated rings. The minimum absolute atomic E-state index is 0.180. The standard InChI is InChI=1S/C14H17NO4/c1-4-11-13(16)15(14(17)19-11)8-10-7-9(2)5-6-12(10)18-3/h5-7,11H,4,8H2,1-3H3. The van der Waals surface area contributed by atoms with Crippen LogP contribution in [0.4, 0.5) is 4.79 Å². The fourth-order valence-electron chi connectivity index (χ4n) is 2.10. The number of imide groups is 1. The molecule has 1 aliphatic rings. The van der Waals surface area contributed by atoms with E-state index in [0.717, 1.165) is 16.0 Å². The summed E-state index contributed by atoms with van der Waals surface area (Å²) in [6.07, 6.45) is -0.741. The third-order valence-corrected chi connectivity index (χ3v) is 3.14. The van der Waals surface area contributed by atoms with Gasteiger partial charge in [-0.15, -0.1) is 0 Å². The molecule has 0 saturated carbocycles. The summed E-state index contributed by atoms with van der Waals surface area (Å²) in [5.74, 6) is 0.377. The van der Waals surface area contributed by atoms with Crippen molar-refractivity contribution in [2.24, 2.45) is 0 Å². The number of ether oxygens (including phenoxy) is 2. The largest absolute Gasteiger partial charge is 0.496 e. The van der Waals surface area contributed by atoms with E-state index < -0.39 is 12.2 Å². The van der Waals surface area contributed by atoms with Crippen LogP contribution in [0.25, 0.3) is 0 Å². The third kappa shape index (κ3) is 2.54. The number of carbonyl (C=O) groups is 2. The number of rotatable bonds is 4. The van der Waals surface area contributed by atoms with Gasteiger partial charge in [0, 0.05) is 5.56 Å². The summed E-state index contributed by atoms with van der Waals surface area (Å²) < 4.78 is 10.3. The predicted octanol–water partition coefficient (Wildman–Crippen LogP) is 2.26. The molecule has 0 aromatic heterocycles. The van der Waals surface area contributed by atoms with Crippen LogP contribution >= 0.6 is 0 Å². The molecule has 1 unspecified atom stereocenters. The molecule has 1 aromatic carbocycles. The molecule has 2 amide bonds. The second-order valence-electron chi connectivity index (χ2n) is 4.52. The lowest BCUT2D eigenvalue weighted by atomic mass is 10.1. The Kier molecular flexibility index (Phi) is 3.74. The molecule has 1 heterocycles. The summed E-state index contributed by atoms with van der Waals surface area (Å²) in [5, 5.41) is 0. The summed E-state index contributed by atoms with van der Waals surface area (Å²) >= 11 is 0. The van der Waals surface area contributed by atoms with Gasteiger partial charge in [-0.3, -0.25) is 4.79 Å². The van der Waals surface area contributed by atoms with E-state index in [0.29, 0.717) is 12.2 Å². The highest BCUT2D eigenvalue weighted by Gasteiger charge is 2.39. The van der Waals surface area contributed by atoms with Gasteiger partial charge in [-0.2, -0.15) is 0 Å². The molecule has 1 atom stereocenters. The van der Waals surface area contributed by atoms with Gasteiger partial charge < -0.3 is 9.47 Å². The molecule has 102 valence electrons. The normalized spacial score (nSPS) is 18.7. The Morgan fingerprint density at radius 3 is 2.68 bits per heavy atom.